The van der Waals surface area contributed by atoms with Gasteiger partial charge < -0.3 is 30.3 Å². The summed E-state index contributed by atoms with van der Waals surface area (Å²) in [6, 6.07) is -2.59. The molecule has 0 rings (SSSR count). The maximum atomic E-state index is 13.0. The summed E-state index contributed by atoms with van der Waals surface area (Å²) in [4.78, 5) is 72.0. The number of rotatable bonds is 20. The van der Waals surface area contributed by atoms with E-state index in [1.165, 1.54) is 7.11 Å². The molecule has 200 valence electrons. The number of hydrogen-bond donors (Lipinski definition) is 4. The van der Waals surface area contributed by atoms with Crippen molar-refractivity contribution in [3.05, 3.63) is 0 Å². The summed E-state index contributed by atoms with van der Waals surface area (Å²) in [6.07, 6.45) is -1.08. The molecule has 35 heavy (non-hydrogen) atoms. The highest BCUT2D eigenvalue weighted by Gasteiger charge is 2.31. The Morgan fingerprint density at radius 3 is 1.86 bits per heavy atom. The van der Waals surface area contributed by atoms with Crippen LogP contribution in [0.25, 0.3) is 0 Å². The van der Waals surface area contributed by atoms with Crippen molar-refractivity contribution in [2.45, 2.75) is 71.4 Å². The number of carboxylic acid groups (broad SMARTS) is 2. The van der Waals surface area contributed by atoms with Gasteiger partial charge in [0.2, 0.25) is 11.8 Å². The van der Waals surface area contributed by atoms with Crippen molar-refractivity contribution < 1.29 is 48.5 Å². The van der Waals surface area contributed by atoms with Crippen LogP contribution in [0, 0.1) is 11.8 Å². The lowest BCUT2D eigenvalue weighted by Crippen LogP contribution is -2.47. The zero-order valence-corrected chi connectivity index (χ0v) is 20.8. The molecule has 12 nitrogen and oxygen atoms in total. The Balaban J connectivity index is 5.32. The molecular formula is C23H38N2O10. The minimum atomic E-state index is -1.30. The summed E-state index contributed by atoms with van der Waals surface area (Å²) >= 11 is 0. The summed E-state index contributed by atoms with van der Waals surface area (Å²) in [5.41, 5.74) is 0. The van der Waals surface area contributed by atoms with Crippen molar-refractivity contribution in [3.8, 4) is 0 Å². The highest BCUT2D eigenvalue weighted by atomic mass is 16.5. The van der Waals surface area contributed by atoms with Crippen molar-refractivity contribution in [2.75, 3.05) is 26.9 Å². The van der Waals surface area contributed by atoms with Crippen LogP contribution in [0.1, 0.15) is 59.3 Å². The van der Waals surface area contributed by atoms with Crippen LogP contribution in [-0.4, -0.2) is 84.5 Å². The van der Waals surface area contributed by atoms with Gasteiger partial charge in [0.1, 0.15) is 0 Å². The van der Waals surface area contributed by atoms with Crippen LogP contribution in [-0.2, 0) is 38.2 Å². The van der Waals surface area contributed by atoms with Gasteiger partial charge in [0.25, 0.3) is 0 Å². The second-order valence-corrected chi connectivity index (χ2v) is 8.68. The SMILES string of the molecule is COCCOCCCC(=O)[C@H](CC(=O)O)NC(=O)[C@@H](CC(=O)[C@H](CC(=O)O)NC(C)=O)CC(C)C. The first-order valence-corrected chi connectivity index (χ1v) is 11.5. The molecule has 0 saturated heterocycles. The largest absolute Gasteiger partial charge is 0.481 e. The first-order valence-electron chi connectivity index (χ1n) is 11.5. The zero-order chi connectivity index (χ0) is 27.0. The zero-order valence-electron chi connectivity index (χ0n) is 20.8. The standard InChI is InChI=1S/C23H38N2O10/c1-14(2)10-16(11-20(28)18(13-22(31)32)24-15(3)26)23(33)25-17(12-21(29)30)19(27)6-5-7-35-9-8-34-4/h14,16-18H,5-13H2,1-4H3,(H,24,26)(H,25,33)(H,29,30)(H,31,32)/t16-,17+,18+/m1/s1. The van der Waals surface area contributed by atoms with Crippen LogP contribution in [0.2, 0.25) is 0 Å². The molecule has 2 amide bonds. The molecule has 0 spiro atoms. The number of Topliss-reactive ketones (excluding diaryl/α,β-unsaturated/α-hetero) is 2. The maximum absolute atomic E-state index is 13.0. The Labute approximate surface area is 205 Å². The third-order valence-corrected chi connectivity index (χ3v) is 4.95. The number of carbonyl (C=O) groups is 6. The Hall–Kier alpha value is -2.86. The number of ether oxygens (including phenoxy) is 2. The summed E-state index contributed by atoms with van der Waals surface area (Å²) < 4.78 is 10.1. The van der Waals surface area contributed by atoms with E-state index in [-0.39, 0.29) is 31.8 Å². The molecule has 0 aromatic carbocycles. The number of carbonyl (C=O) groups excluding carboxylic acids is 4. The third-order valence-electron chi connectivity index (χ3n) is 4.95. The summed E-state index contributed by atoms with van der Waals surface area (Å²) in [5, 5.41) is 23.0. The topological polar surface area (TPSA) is 185 Å². The lowest BCUT2D eigenvalue weighted by molar-refractivity contribution is -0.141. The predicted octanol–water partition coefficient (Wildman–Crippen LogP) is 0.559. The molecule has 0 aromatic heterocycles. The normalized spacial score (nSPS) is 13.5. The van der Waals surface area contributed by atoms with Gasteiger partial charge in [0.05, 0.1) is 38.1 Å². The summed E-state index contributed by atoms with van der Waals surface area (Å²) in [7, 11) is 1.53. The number of aliphatic carboxylic acids is 2. The number of nitrogens with one attached hydrogen (secondary N) is 2. The second kappa shape index (κ2) is 17.6. The molecular weight excluding hydrogens is 464 g/mol. The lowest BCUT2D eigenvalue weighted by Gasteiger charge is -2.24. The molecule has 0 aliphatic carbocycles. The molecule has 0 aliphatic rings. The summed E-state index contributed by atoms with van der Waals surface area (Å²) in [6.45, 7) is 5.79. The van der Waals surface area contributed by atoms with E-state index < -0.39 is 66.2 Å². The van der Waals surface area contributed by atoms with Gasteiger partial charge in [-0.3, -0.25) is 28.8 Å². The fraction of sp³-hybridized carbons (Fsp3) is 0.739. The van der Waals surface area contributed by atoms with Crippen molar-refractivity contribution in [3.63, 3.8) is 0 Å². The first-order chi connectivity index (χ1) is 16.4. The molecule has 0 radical (unpaired) electrons. The van der Waals surface area contributed by atoms with Crippen LogP contribution in [0.3, 0.4) is 0 Å². The summed E-state index contributed by atoms with van der Waals surface area (Å²) in [5.74, 6) is -5.92. The van der Waals surface area contributed by atoms with Crippen molar-refractivity contribution >= 4 is 35.3 Å². The molecule has 0 saturated carbocycles. The predicted molar refractivity (Wildman–Crippen MR) is 124 cm³/mol. The third kappa shape index (κ3) is 15.6. The van der Waals surface area contributed by atoms with Crippen LogP contribution in [0.5, 0.6) is 0 Å². The van der Waals surface area contributed by atoms with E-state index in [0.29, 0.717) is 19.6 Å². The Bertz CT molecular complexity index is 722. The second-order valence-electron chi connectivity index (χ2n) is 8.68. The monoisotopic (exact) mass is 502 g/mol. The highest BCUT2D eigenvalue weighted by Crippen LogP contribution is 2.19. The molecule has 12 heteroatoms. The molecule has 0 aromatic rings. The fourth-order valence-corrected chi connectivity index (χ4v) is 3.38. The van der Waals surface area contributed by atoms with Gasteiger partial charge >= 0.3 is 11.9 Å². The molecule has 4 N–H and O–H groups in total. The van der Waals surface area contributed by atoms with Crippen molar-refractivity contribution in [1.82, 2.24) is 10.6 Å². The minimum Gasteiger partial charge on any atom is -0.481 e. The first kappa shape index (κ1) is 32.1. The van der Waals surface area contributed by atoms with E-state index in [1.54, 1.807) is 0 Å². The van der Waals surface area contributed by atoms with Crippen LogP contribution >= 0.6 is 0 Å². The number of ketones is 2. The van der Waals surface area contributed by atoms with Crippen molar-refractivity contribution in [1.29, 1.82) is 0 Å². The number of amides is 2. The van der Waals surface area contributed by atoms with E-state index in [2.05, 4.69) is 10.6 Å². The number of methoxy groups -OCH3 is 1. The van der Waals surface area contributed by atoms with Gasteiger partial charge in [0, 0.05) is 39.4 Å². The van der Waals surface area contributed by atoms with E-state index in [1.807, 2.05) is 13.8 Å². The van der Waals surface area contributed by atoms with Crippen LogP contribution in [0.4, 0.5) is 0 Å². The van der Waals surface area contributed by atoms with Crippen LogP contribution < -0.4 is 10.6 Å². The van der Waals surface area contributed by atoms with Gasteiger partial charge in [-0.05, 0) is 18.8 Å². The van der Waals surface area contributed by atoms with Gasteiger partial charge in [0.15, 0.2) is 11.6 Å². The number of carboxylic acids is 2. The number of hydrogen-bond acceptors (Lipinski definition) is 8. The molecule has 0 bridgehead atoms. The smallest absolute Gasteiger partial charge is 0.305 e. The Morgan fingerprint density at radius 1 is 0.800 bits per heavy atom. The molecule has 0 heterocycles. The van der Waals surface area contributed by atoms with E-state index in [4.69, 9.17) is 14.6 Å². The quantitative estimate of drug-likeness (QED) is 0.171. The van der Waals surface area contributed by atoms with E-state index >= 15 is 0 Å². The molecule has 3 atom stereocenters. The minimum absolute atomic E-state index is 0.0117. The van der Waals surface area contributed by atoms with Gasteiger partial charge in [-0.1, -0.05) is 13.8 Å². The Morgan fingerprint density at radius 2 is 1.37 bits per heavy atom. The van der Waals surface area contributed by atoms with E-state index in [0.717, 1.165) is 6.92 Å². The van der Waals surface area contributed by atoms with Gasteiger partial charge in [-0.2, -0.15) is 0 Å². The molecule has 0 aliphatic heterocycles. The average molecular weight is 503 g/mol. The lowest BCUT2D eigenvalue weighted by atomic mass is 9.88. The average Bonchev–Trinajstić information content (AvgIpc) is 2.73. The van der Waals surface area contributed by atoms with E-state index in [9.17, 15) is 33.9 Å². The molecule has 0 unspecified atom stereocenters. The van der Waals surface area contributed by atoms with Gasteiger partial charge in [-0.15, -0.1) is 0 Å². The highest BCUT2D eigenvalue weighted by molar-refractivity contribution is 5.96. The fourth-order valence-electron chi connectivity index (χ4n) is 3.38. The van der Waals surface area contributed by atoms with Gasteiger partial charge in [-0.25, -0.2) is 0 Å². The van der Waals surface area contributed by atoms with Crippen molar-refractivity contribution in [2.24, 2.45) is 11.8 Å². The molecule has 0 fully saturated rings. The van der Waals surface area contributed by atoms with Crippen LogP contribution in [0.15, 0.2) is 0 Å². The Kier molecular flexibility index (Phi) is 16.1. The maximum Gasteiger partial charge on any atom is 0.305 e.